The summed E-state index contributed by atoms with van der Waals surface area (Å²) in [7, 11) is 0. The van der Waals surface area contributed by atoms with Gasteiger partial charge in [0.25, 0.3) is 0 Å². The summed E-state index contributed by atoms with van der Waals surface area (Å²) in [5.41, 5.74) is -0.150. The molecule has 1 aromatic carbocycles. The predicted octanol–water partition coefficient (Wildman–Crippen LogP) is 2.71. The third-order valence-corrected chi connectivity index (χ3v) is 3.19. The lowest BCUT2D eigenvalue weighted by atomic mass is 10.0. The molecule has 0 atom stereocenters. The molecule has 0 aliphatic rings. The standard InChI is InChI=1S/C14H13ClN2O3/c1-8(2)9-7-17(11-6-4-3-5-10(11)15)16-12(13(9)18)14(19)20/h3-8H,1-2H3,(H,19,20). The Balaban J connectivity index is 2.76. The van der Waals surface area contributed by atoms with Crippen LogP contribution in [0.2, 0.25) is 5.02 Å². The monoisotopic (exact) mass is 292 g/mol. The Morgan fingerprint density at radius 1 is 1.35 bits per heavy atom. The number of carboxylic acids is 1. The van der Waals surface area contributed by atoms with Crippen LogP contribution in [0.5, 0.6) is 0 Å². The zero-order valence-electron chi connectivity index (χ0n) is 11.0. The van der Waals surface area contributed by atoms with Gasteiger partial charge in [-0.15, -0.1) is 0 Å². The lowest BCUT2D eigenvalue weighted by Crippen LogP contribution is -2.25. The largest absolute Gasteiger partial charge is 0.476 e. The predicted molar refractivity (Wildman–Crippen MR) is 75.9 cm³/mol. The fraction of sp³-hybridized carbons (Fsp3) is 0.214. The number of nitrogens with zero attached hydrogens (tertiary/aromatic N) is 2. The molecular formula is C14H13ClN2O3. The van der Waals surface area contributed by atoms with Gasteiger partial charge in [-0.05, 0) is 18.1 Å². The number of carbonyl (C=O) groups is 1. The van der Waals surface area contributed by atoms with Gasteiger partial charge in [0, 0.05) is 11.8 Å². The van der Waals surface area contributed by atoms with Crippen molar-refractivity contribution in [2.75, 3.05) is 0 Å². The number of aromatic carboxylic acids is 1. The van der Waals surface area contributed by atoms with Crippen molar-refractivity contribution in [3.63, 3.8) is 0 Å². The van der Waals surface area contributed by atoms with Gasteiger partial charge in [0.1, 0.15) is 0 Å². The van der Waals surface area contributed by atoms with E-state index in [0.29, 0.717) is 16.3 Å². The van der Waals surface area contributed by atoms with Crippen LogP contribution in [-0.4, -0.2) is 20.9 Å². The van der Waals surface area contributed by atoms with Gasteiger partial charge in [-0.2, -0.15) is 5.10 Å². The number of para-hydroxylation sites is 1. The molecular weight excluding hydrogens is 280 g/mol. The Bertz CT molecular complexity index is 723. The van der Waals surface area contributed by atoms with Gasteiger partial charge in [0.05, 0.1) is 10.7 Å². The highest BCUT2D eigenvalue weighted by Gasteiger charge is 2.18. The molecule has 0 amide bonds. The normalized spacial score (nSPS) is 10.8. The quantitative estimate of drug-likeness (QED) is 0.944. The second-order valence-corrected chi connectivity index (χ2v) is 5.03. The minimum Gasteiger partial charge on any atom is -0.476 e. The third-order valence-electron chi connectivity index (χ3n) is 2.87. The van der Waals surface area contributed by atoms with Gasteiger partial charge in [0.15, 0.2) is 0 Å². The summed E-state index contributed by atoms with van der Waals surface area (Å²) in [5.74, 6) is -1.46. The molecule has 0 aliphatic heterocycles. The number of rotatable bonds is 3. The zero-order valence-corrected chi connectivity index (χ0v) is 11.8. The zero-order chi connectivity index (χ0) is 14.9. The molecule has 104 valence electrons. The van der Waals surface area contributed by atoms with E-state index in [2.05, 4.69) is 5.10 Å². The van der Waals surface area contributed by atoms with Crippen LogP contribution in [0, 0.1) is 0 Å². The molecule has 0 radical (unpaired) electrons. The van der Waals surface area contributed by atoms with E-state index in [1.165, 1.54) is 10.9 Å². The van der Waals surface area contributed by atoms with E-state index in [9.17, 15) is 9.59 Å². The maximum absolute atomic E-state index is 12.0. The smallest absolute Gasteiger partial charge is 0.360 e. The first-order chi connectivity index (χ1) is 9.41. The molecule has 0 saturated heterocycles. The highest BCUT2D eigenvalue weighted by Crippen LogP contribution is 2.20. The molecule has 6 heteroatoms. The summed E-state index contributed by atoms with van der Waals surface area (Å²) in [6.07, 6.45) is 1.53. The summed E-state index contributed by atoms with van der Waals surface area (Å²) in [4.78, 5) is 23.2. The summed E-state index contributed by atoms with van der Waals surface area (Å²) in [5, 5.41) is 13.4. The highest BCUT2D eigenvalue weighted by molar-refractivity contribution is 6.32. The van der Waals surface area contributed by atoms with Crippen molar-refractivity contribution in [3.05, 3.63) is 57.0 Å². The Labute approximate surface area is 120 Å². The minimum absolute atomic E-state index is 0.114. The number of hydrogen-bond donors (Lipinski definition) is 1. The van der Waals surface area contributed by atoms with E-state index in [-0.39, 0.29) is 5.92 Å². The van der Waals surface area contributed by atoms with Crippen molar-refractivity contribution >= 4 is 17.6 Å². The number of benzene rings is 1. The van der Waals surface area contributed by atoms with Gasteiger partial charge in [0.2, 0.25) is 11.1 Å². The molecule has 2 rings (SSSR count). The summed E-state index contributed by atoms with van der Waals surface area (Å²) in [6, 6.07) is 6.90. The van der Waals surface area contributed by atoms with Crippen molar-refractivity contribution in [2.24, 2.45) is 0 Å². The van der Waals surface area contributed by atoms with Crippen LogP contribution in [0.25, 0.3) is 5.69 Å². The molecule has 2 aromatic rings. The van der Waals surface area contributed by atoms with Crippen LogP contribution < -0.4 is 5.43 Å². The second kappa shape index (κ2) is 5.46. The summed E-state index contributed by atoms with van der Waals surface area (Å²) >= 11 is 6.08. The molecule has 5 nitrogen and oxygen atoms in total. The van der Waals surface area contributed by atoms with Crippen molar-refractivity contribution in [1.82, 2.24) is 9.78 Å². The fourth-order valence-electron chi connectivity index (χ4n) is 1.82. The molecule has 0 bridgehead atoms. The van der Waals surface area contributed by atoms with Crippen molar-refractivity contribution < 1.29 is 9.90 Å². The lowest BCUT2D eigenvalue weighted by molar-refractivity contribution is 0.0686. The lowest BCUT2D eigenvalue weighted by Gasteiger charge is -2.12. The van der Waals surface area contributed by atoms with Gasteiger partial charge in [-0.1, -0.05) is 37.6 Å². The molecule has 20 heavy (non-hydrogen) atoms. The van der Waals surface area contributed by atoms with Crippen LogP contribution in [0.4, 0.5) is 0 Å². The molecule has 0 saturated carbocycles. The summed E-state index contributed by atoms with van der Waals surface area (Å²) < 4.78 is 1.34. The first kappa shape index (κ1) is 14.3. The Morgan fingerprint density at radius 3 is 2.55 bits per heavy atom. The highest BCUT2D eigenvalue weighted by atomic mass is 35.5. The molecule has 1 N–H and O–H groups in total. The number of hydrogen-bond acceptors (Lipinski definition) is 3. The first-order valence-electron chi connectivity index (χ1n) is 6.04. The molecule has 0 unspecified atom stereocenters. The average Bonchev–Trinajstić information content (AvgIpc) is 2.39. The van der Waals surface area contributed by atoms with Gasteiger partial charge < -0.3 is 5.11 Å². The van der Waals surface area contributed by atoms with Crippen LogP contribution in [0.1, 0.15) is 35.8 Å². The number of halogens is 1. The molecule has 0 aliphatic carbocycles. The minimum atomic E-state index is -1.35. The van der Waals surface area contributed by atoms with Crippen LogP contribution in [0.15, 0.2) is 35.3 Å². The van der Waals surface area contributed by atoms with E-state index >= 15 is 0 Å². The van der Waals surface area contributed by atoms with Gasteiger partial charge in [-0.25, -0.2) is 9.48 Å². The van der Waals surface area contributed by atoms with E-state index in [1.807, 2.05) is 13.8 Å². The van der Waals surface area contributed by atoms with Gasteiger partial charge >= 0.3 is 5.97 Å². The maximum Gasteiger partial charge on any atom is 0.360 e. The fourth-order valence-corrected chi connectivity index (χ4v) is 2.04. The summed E-state index contributed by atoms with van der Waals surface area (Å²) in [6.45, 7) is 3.64. The topological polar surface area (TPSA) is 72.2 Å². The molecule has 1 aromatic heterocycles. The van der Waals surface area contributed by atoms with E-state index < -0.39 is 17.1 Å². The van der Waals surface area contributed by atoms with Crippen LogP contribution >= 0.6 is 11.6 Å². The van der Waals surface area contributed by atoms with Crippen LogP contribution in [0.3, 0.4) is 0 Å². The number of aromatic nitrogens is 2. The molecule has 1 heterocycles. The number of carboxylic acid groups (broad SMARTS) is 1. The third kappa shape index (κ3) is 2.58. The van der Waals surface area contributed by atoms with Crippen molar-refractivity contribution in [1.29, 1.82) is 0 Å². The van der Waals surface area contributed by atoms with Crippen LogP contribution in [-0.2, 0) is 0 Å². The van der Waals surface area contributed by atoms with E-state index in [4.69, 9.17) is 16.7 Å². The average molecular weight is 293 g/mol. The Morgan fingerprint density at radius 2 is 2.00 bits per heavy atom. The maximum atomic E-state index is 12.0. The van der Waals surface area contributed by atoms with E-state index in [0.717, 1.165) is 0 Å². The van der Waals surface area contributed by atoms with Gasteiger partial charge in [-0.3, -0.25) is 4.79 Å². The second-order valence-electron chi connectivity index (χ2n) is 4.62. The Hall–Kier alpha value is -2.14. The first-order valence-corrected chi connectivity index (χ1v) is 6.41. The molecule has 0 spiro atoms. The Kier molecular flexibility index (Phi) is 3.90. The van der Waals surface area contributed by atoms with E-state index in [1.54, 1.807) is 24.3 Å². The molecule has 0 fully saturated rings. The van der Waals surface area contributed by atoms with Crippen molar-refractivity contribution in [3.8, 4) is 5.69 Å². The SMILES string of the molecule is CC(C)c1cn(-c2ccccc2Cl)nc(C(=O)O)c1=O. The van der Waals surface area contributed by atoms with Crippen molar-refractivity contribution in [2.45, 2.75) is 19.8 Å².